The highest BCUT2D eigenvalue weighted by atomic mass is 32.1. The van der Waals surface area contributed by atoms with Crippen LogP contribution in [-0.4, -0.2) is 7.05 Å². The molecule has 0 bridgehead atoms. The molecule has 0 aliphatic carbocycles. The zero-order valence-electron chi connectivity index (χ0n) is 11.4. The number of nitrogens with one attached hydrogen (secondary N) is 1. The fourth-order valence-corrected chi connectivity index (χ4v) is 3.15. The zero-order chi connectivity index (χ0) is 13.8. The van der Waals surface area contributed by atoms with Gasteiger partial charge >= 0.3 is 0 Å². The third-order valence-electron chi connectivity index (χ3n) is 3.52. The summed E-state index contributed by atoms with van der Waals surface area (Å²) in [5.41, 5.74) is 5.14. The smallest absolute Gasteiger partial charge is 0.0582 e. The van der Waals surface area contributed by atoms with Crippen molar-refractivity contribution in [2.45, 2.75) is 6.04 Å². The normalized spacial score (nSPS) is 12.2. The van der Waals surface area contributed by atoms with Gasteiger partial charge in [0, 0.05) is 0 Å². The quantitative estimate of drug-likeness (QED) is 0.728. The van der Waals surface area contributed by atoms with Crippen LogP contribution in [0.15, 0.2) is 71.4 Å². The van der Waals surface area contributed by atoms with Gasteiger partial charge in [0.25, 0.3) is 0 Å². The van der Waals surface area contributed by atoms with Crippen LogP contribution in [0.25, 0.3) is 11.1 Å². The molecular weight excluding hydrogens is 262 g/mol. The van der Waals surface area contributed by atoms with Gasteiger partial charge in [0.05, 0.1) is 6.04 Å². The summed E-state index contributed by atoms with van der Waals surface area (Å²) in [5.74, 6) is 0. The first kappa shape index (κ1) is 13.1. The second-order valence-corrected chi connectivity index (χ2v) is 5.55. The number of thiophene rings is 1. The second kappa shape index (κ2) is 6.04. The molecule has 100 valence electrons. The molecule has 0 saturated heterocycles. The molecule has 0 radical (unpaired) electrons. The zero-order valence-corrected chi connectivity index (χ0v) is 12.2. The maximum Gasteiger partial charge on any atom is 0.0582 e. The van der Waals surface area contributed by atoms with Crippen LogP contribution < -0.4 is 5.32 Å². The summed E-state index contributed by atoms with van der Waals surface area (Å²) in [6.07, 6.45) is 0. The molecule has 1 unspecified atom stereocenters. The van der Waals surface area contributed by atoms with Gasteiger partial charge in [-0.25, -0.2) is 0 Å². The molecule has 1 N–H and O–H groups in total. The van der Waals surface area contributed by atoms with Gasteiger partial charge in [-0.2, -0.15) is 11.3 Å². The van der Waals surface area contributed by atoms with Crippen LogP contribution >= 0.6 is 11.3 Å². The molecule has 1 atom stereocenters. The topological polar surface area (TPSA) is 12.0 Å². The van der Waals surface area contributed by atoms with Crippen LogP contribution in [0.2, 0.25) is 0 Å². The van der Waals surface area contributed by atoms with Crippen molar-refractivity contribution in [2.24, 2.45) is 0 Å². The summed E-state index contributed by atoms with van der Waals surface area (Å²) in [7, 11) is 2.01. The summed E-state index contributed by atoms with van der Waals surface area (Å²) in [5, 5.41) is 7.71. The second-order valence-electron chi connectivity index (χ2n) is 4.77. The summed E-state index contributed by atoms with van der Waals surface area (Å²) >= 11 is 1.74. The molecule has 3 aromatic rings. The van der Waals surface area contributed by atoms with Crippen molar-refractivity contribution < 1.29 is 0 Å². The largest absolute Gasteiger partial charge is 0.309 e. The molecule has 1 heterocycles. The molecular formula is C18H17NS. The molecule has 2 aromatic carbocycles. The minimum absolute atomic E-state index is 0.270. The van der Waals surface area contributed by atoms with E-state index in [9.17, 15) is 0 Å². The van der Waals surface area contributed by atoms with Crippen LogP contribution in [0, 0.1) is 0 Å². The average Bonchev–Trinajstić information content (AvgIpc) is 3.04. The average molecular weight is 279 g/mol. The van der Waals surface area contributed by atoms with E-state index in [0.717, 1.165) is 0 Å². The minimum Gasteiger partial charge on any atom is -0.309 e. The van der Waals surface area contributed by atoms with E-state index in [1.54, 1.807) is 11.3 Å². The van der Waals surface area contributed by atoms with Gasteiger partial charge in [-0.3, -0.25) is 0 Å². The lowest BCUT2D eigenvalue weighted by atomic mass is 9.98. The maximum atomic E-state index is 3.39. The Labute approximate surface area is 123 Å². The Hall–Kier alpha value is -1.90. The van der Waals surface area contributed by atoms with Gasteiger partial charge in [0.1, 0.15) is 0 Å². The van der Waals surface area contributed by atoms with Crippen LogP contribution in [-0.2, 0) is 0 Å². The summed E-state index contributed by atoms with van der Waals surface area (Å²) < 4.78 is 0. The van der Waals surface area contributed by atoms with Gasteiger partial charge in [0.2, 0.25) is 0 Å². The lowest BCUT2D eigenvalue weighted by molar-refractivity contribution is 0.694. The van der Waals surface area contributed by atoms with Crippen molar-refractivity contribution >= 4 is 11.3 Å². The van der Waals surface area contributed by atoms with Gasteiger partial charge in [-0.1, -0.05) is 54.6 Å². The van der Waals surface area contributed by atoms with Crippen molar-refractivity contribution in [3.05, 3.63) is 82.6 Å². The van der Waals surface area contributed by atoms with E-state index < -0.39 is 0 Å². The van der Waals surface area contributed by atoms with Crippen LogP contribution in [0.3, 0.4) is 0 Å². The first-order chi connectivity index (χ1) is 9.88. The first-order valence-corrected chi connectivity index (χ1v) is 7.67. The molecule has 20 heavy (non-hydrogen) atoms. The van der Waals surface area contributed by atoms with Crippen LogP contribution in [0.4, 0.5) is 0 Å². The molecule has 2 heteroatoms. The molecule has 0 fully saturated rings. The van der Waals surface area contributed by atoms with Crippen LogP contribution in [0.1, 0.15) is 17.2 Å². The van der Waals surface area contributed by atoms with Crippen molar-refractivity contribution in [1.29, 1.82) is 0 Å². The lowest BCUT2D eigenvalue weighted by Crippen LogP contribution is -2.16. The van der Waals surface area contributed by atoms with E-state index in [0.29, 0.717) is 0 Å². The lowest BCUT2D eigenvalue weighted by Gasteiger charge is -2.16. The van der Waals surface area contributed by atoms with Gasteiger partial charge in [-0.05, 0) is 46.1 Å². The molecule has 0 spiro atoms. The van der Waals surface area contributed by atoms with E-state index in [1.807, 2.05) is 13.1 Å². The van der Waals surface area contributed by atoms with Gasteiger partial charge in [-0.15, -0.1) is 0 Å². The Morgan fingerprint density at radius 2 is 1.50 bits per heavy atom. The Bertz CT molecular complexity index is 642. The molecule has 1 aromatic heterocycles. The van der Waals surface area contributed by atoms with E-state index in [1.165, 1.54) is 22.3 Å². The molecule has 0 saturated carbocycles. The number of hydrogen-bond acceptors (Lipinski definition) is 2. The van der Waals surface area contributed by atoms with Crippen LogP contribution in [0.5, 0.6) is 0 Å². The third kappa shape index (κ3) is 2.67. The van der Waals surface area contributed by atoms with Gasteiger partial charge < -0.3 is 5.32 Å². The van der Waals surface area contributed by atoms with E-state index >= 15 is 0 Å². The monoisotopic (exact) mass is 279 g/mol. The first-order valence-electron chi connectivity index (χ1n) is 6.73. The molecule has 1 nitrogen and oxygen atoms in total. The van der Waals surface area contributed by atoms with Crippen molar-refractivity contribution in [3.8, 4) is 11.1 Å². The highest BCUT2D eigenvalue weighted by molar-refractivity contribution is 7.08. The van der Waals surface area contributed by atoms with Gasteiger partial charge in [0.15, 0.2) is 0 Å². The molecule has 3 rings (SSSR count). The number of benzene rings is 2. The SMILES string of the molecule is CNC(c1ccc(-c2ccccc2)cc1)c1ccsc1. The highest BCUT2D eigenvalue weighted by Gasteiger charge is 2.12. The van der Waals surface area contributed by atoms with Crippen molar-refractivity contribution in [1.82, 2.24) is 5.32 Å². The number of rotatable bonds is 4. The Kier molecular flexibility index (Phi) is 3.95. The van der Waals surface area contributed by atoms with Crippen molar-refractivity contribution in [2.75, 3.05) is 7.05 Å². The summed E-state index contributed by atoms with van der Waals surface area (Å²) in [6.45, 7) is 0. The minimum atomic E-state index is 0.270. The molecule has 0 aliphatic heterocycles. The van der Waals surface area contributed by atoms with E-state index in [4.69, 9.17) is 0 Å². The standard InChI is InChI=1S/C18H17NS/c1-19-18(17-11-12-20-13-17)16-9-7-15(8-10-16)14-5-3-2-4-6-14/h2-13,18-19H,1H3. The fraction of sp³-hybridized carbons (Fsp3) is 0.111. The Morgan fingerprint density at radius 1 is 0.800 bits per heavy atom. The predicted octanol–water partition coefficient (Wildman–Crippen LogP) is 4.72. The summed E-state index contributed by atoms with van der Waals surface area (Å²) in [4.78, 5) is 0. The number of hydrogen-bond donors (Lipinski definition) is 1. The molecule has 0 aliphatic rings. The predicted molar refractivity (Wildman–Crippen MR) is 87.1 cm³/mol. The fourth-order valence-electron chi connectivity index (χ4n) is 2.46. The summed E-state index contributed by atoms with van der Waals surface area (Å²) in [6, 6.07) is 21.7. The Morgan fingerprint density at radius 3 is 2.10 bits per heavy atom. The maximum absolute atomic E-state index is 3.39. The highest BCUT2D eigenvalue weighted by Crippen LogP contribution is 2.26. The van der Waals surface area contributed by atoms with E-state index in [2.05, 4.69) is 70.7 Å². The van der Waals surface area contributed by atoms with Crippen molar-refractivity contribution in [3.63, 3.8) is 0 Å². The van der Waals surface area contributed by atoms with E-state index in [-0.39, 0.29) is 6.04 Å². The molecule has 0 amide bonds. The Balaban J connectivity index is 1.89. The third-order valence-corrected chi connectivity index (χ3v) is 4.22.